The summed E-state index contributed by atoms with van der Waals surface area (Å²) in [7, 11) is 0. The first kappa shape index (κ1) is 13.0. The fraction of sp³-hybridized carbons (Fsp3) is 1.00. The van der Waals surface area contributed by atoms with Crippen LogP contribution in [0.15, 0.2) is 0 Å². The molecule has 15 heavy (non-hydrogen) atoms. The number of hydrogen-bond donors (Lipinski definition) is 0. The van der Waals surface area contributed by atoms with Gasteiger partial charge in [0, 0.05) is 18.1 Å². The molecule has 1 nitrogen and oxygen atoms in total. The molecule has 1 rings (SSSR count). The van der Waals surface area contributed by atoms with E-state index in [1.165, 1.54) is 6.54 Å². The first-order valence-corrected chi connectivity index (χ1v) is 6.32. The largest absolute Gasteiger partial charge is 0.294 e. The molecule has 1 aliphatic heterocycles. The molecule has 1 fully saturated rings. The lowest BCUT2D eigenvalue weighted by molar-refractivity contribution is 0.0424. The summed E-state index contributed by atoms with van der Waals surface area (Å²) in [6.07, 6.45) is 0. The maximum absolute atomic E-state index is 2.71. The molecule has 1 aliphatic rings. The summed E-state index contributed by atoms with van der Waals surface area (Å²) in [5.74, 6) is 1.64. The van der Waals surface area contributed by atoms with Crippen LogP contribution in [-0.4, -0.2) is 23.0 Å². The highest BCUT2D eigenvalue weighted by atomic mass is 15.3. The first-order chi connectivity index (χ1) is 6.55. The number of nitrogens with zero attached hydrogens (tertiary/aromatic N) is 1. The molecule has 90 valence electrons. The summed E-state index contributed by atoms with van der Waals surface area (Å²) >= 11 is 0. The summed E-state index contributed by atoms with van der Waals surface area (Å²) in [4.78, 5) is 2.71. The highest BCUT2D eigenvalue weighted by Gasteiger charge is 2.46. The third-order valence-corrected chi connectivity index (χ3v) is 3.96. The highest BCUT2D eigenvalue weighted by molar-refractivity contribution is 4.99. The lowest BCUT2D eigenvalue weighted by atomic mass is 9.77. The van der Waals surface area contributed by atoms with Crippen LogP contribution < -0.4 is 0 Å². The summed E-state index contributed by atoms with van der Waals surface area (Å²) in [5.41, 5.74) is 0.689. The highest BCUT2D eigenvalue weighted by Crippen LogP contribution is 2.42. The molecule has 0 unspecified atom stereocenters. The van der Waals surface area contributed by atoms with Gasteiger partial charge in [-0.25, -0.2) is 0 Å². The van der Waals surface area contributed by atoms with Crippen molar-refractivity contribution in [1.29, 1.82) is 0 Å². The summed E-state index contributed by atoms with van der Waals surface area (Å²) in [6, 6.07) is 0.715. The van der Waals surface area contributed by atoms with Gasteiger partial charge in [0.1, 0.15) is 0 Å². The Morgan fingerprint density at radius 2 is 1.40 bits per heavy atom. The van der Waals surface area contributed by atoms with E-state index in [4.69, 9.17) is 0 Å². The summed E-state index contributed by atoms with van der Waals surface area (Å²) in [5, 5.41) is 0. The van der Waals surface area contributed by atoms with Crippen molar-refractivity contribution < 1.29 is 0 Å². The van der Waals surface area contributed by atoms with Crippen molar-refractivity contribution in [2.45, 2.75) is 67.0 Å². The Bertz CT molecular complexity index is 218. The van der Waals surface area contributed by atoms with Gasteiger partial charge in [-0.3, -0.25) is 4.90 Å². The number of rotatable bonds is 0. The molecular formula is C14H29N. The molecule has 1 saturated heterocycles. The van der Waals surface area contributed by atoms with Gasteiger partial charge in [0.15, 0.2) is 0 Å². The van der Waals surface area contributed by atoms with E-state index in [1.807, 2.05) is 0 Å². The van der Waals surface area contributed by atoms with Crippen LogP contribution in [0, 0.1) is 17.3 Å². The van der Waals surface area contributed by atoms with E-state index >= 15 is 0 Å². The van der Waals surface area contributed by atoms with Crippen LogP contribution >= 0.6 is 0 Å². The number of hydrogen-bond acceptors (Lipinski definition) is 1. The predicted molar refractivity (Wildman–Crippen MR) is 68.0 cm³/mol. The van der Waals surface area contributed by atoms with Gasteiger partial charge in [0.05, 0.1) is 0 Å². The van der Waals surface area contributed by atoms with Gasteiger partial charge in [-0.05, 0) is 38.0 Å². The van der Waals surface area contributed by atoms with E-state index in [1.54, 1.807) is 0 Å². The predicted octanol–water partition coefficient (Wildman–Crippen LogP) is 3.79. The Kier molecular flexibility index (Phi) is 3.27. The lowest BCUT2D eigenvalue weighted by Gasteiger charge is -2.44. The zero-order chi connectivity index (χ0) is 12.0. The number of likely N-dealkylation sites (tertiary alicyclic amines) is 1. The van der Waals surface area contributed by atoms with Gasteiger partial charge in [-0.2, -0.15) is 0 Å². The minimum absolute atomic E-state index is 0.303. The quantitative estimate of drug-likeness (QED) is 0.589. The lowest BCUT2D eigenvalue weighted by Crippen LogP contribution is -2.51. The molecule has 0 aromatic carbocycles. The van der Waals surface area contributed by atoms with Crippen molar-refractivity contribution in [1.82, 2.24) is 4.90 Å². The van der Waals surface area contributed by atoms with E-state index < -0.39 is 0 Å². The molecule has 3 atom stereocenters. The van der Waals surface area contributed by atoms with Crippen LogP contribution in [0.2, 0.25) is 0 Å². The normalized spacial score (nSPS) is 34.8. The Hall–Kier alpha value is -0.0400. The third kappa shape index (κ3) is 2.55. The van der Waals surface area contributed by atoms with E-state index in [-0.39, 0.29) is 0 Å². The second-order valence-electron chi connectivity index (χ2n) is 7.47. The molecule has 0 N–H and O–H groups in total. The first-order valence-electron chi connectivity index (χ1n) is 6.32. The summed E-state index contributed by atoms with van der Waals surface area (Å²) in [6.45, 7) is 20.2. The molecule has 0 spiro atoms. The standard InChI is InChI=1S/C14H29N/c1-10-9-15(14(6,7)8)12(11(10)2)13(3,4)5/h10-12H,9H2,1-8H3/t10-,11-,12-/m0/s1. The summed E-state index contributed by atoms with van der Waals surface area (Å²) < 4.78 is 0. The molecule has 1 heteroatoms. The average Bonchev–Trinajstić information content (AvgIpc) is 2.25. The van der Waals surface area contributed by atoms with Crippen LogP contribution in [0.1, 0.15) is 55.4 Å². The van der Waals surface area contributed by atoms with Crippen molar-refractivity contribution in [3.05, 3.63) is 0 Å². The second kappa shape index (κ2) is 3.76. The van der Waals surface area contributed by atoms with E-state index in [9.17, 15) is 0 Å². The fourth-order valence-electron chi connectivity index (χ4n) is 3.13. The zero-order valence-corrected chi connectivity index (χ0v) is 11.9. The Balaban J connectivity index is 2.98. The molecule has 0 aromatic heterocycles. The Labute approximate surface area is 96.2 Å². The molecule has 0 aliphatic carbocycles. The topological polar surface area (TPSA) is 3.24 Å². The minimum Gasteiger partial charge on any atom is -0.294 e. The SMILES string of the molecule is C[C@@H]1[C@@H](C(C)(C)C)N(C(C)(C)C)C[C@@H]1C. The van der Waals surface area contributed by atoms with E-state index in [0.29, 0.717) is 17.0 Å². The smallest absolute Gasteiger partial charge is 0.0178 e. The van der Waals surface area contributed by atoms with Gasteiger partial charge < -0.3 is 0 Å². The Morgan fingerprint density at radius 1 is 0.933 bits per heavy atom. The second-order valence-corrected chi connectivity index (χ2v) is 7.47. The molecule has 0 amide bonds. The van der Waals surface area contributed by atoms with Gasteiger partial charge in [-0.15, -0.1) is 0 Å². The maximum atomic E-state index is 2.71. The molecule has 0 bridgehead atoms. The van der Waals surface area contributed by atoms with Gasteiger partial charge >= 0.3 is 0 Å². The van der Waals surface area contributed by atoms with Gasteiger partial charge in [-0.1, -0.05) is 34.6 Å². The van der Waals surface area contributed by atoms with Crippen molar-refractivity contribution in [2.24, 2.45) is 17.3 Å². The van der Waals surface area contributed by atoms with Crippen LogP contribution in [0.5, 0.6) is 0 Å². The van der Waals surface area contributed by atoms with E-state index in [0.717, 1.165) is 11.8 Å². The van der Waals surface area contributed by atoms with Crippen molar-refractivity contribution in [3.63, 3.8) is 0 Å². The molecule has 0 aromatic rings. The molecule has 0 saturated carbocycles. The Morgan fingerprint density at radius 3 is 1.67 bits per heavy atom. The third-order valence-electron chi connectivity index (χ3n) is 3.96. The van der Waals surface area contributed by atoms with Crippen LogP contribution in [0.4, 0.5) is 0 Å². The van der Waals surface area contributed by atoms with Crippen LogP contribution in [-0.2, 0) is 0 Å². The van der Waals surface area contributed by atoms with E-state index in [2.05, 4.69) is 60.3 Å². The van der Waals surface area contributed by atoms with Crippen molar-refractivity contribution in [3.8, 4) is 0 Å². The molecule has 1 heterocycles. The fourth-order valence-corrected chi connectivity index (χ4v) is 3.13. The van der Waals surface area contributed by atoms with Gasteiger partial charge in [0.25, 0.3) is 0 Å². The average molecular weight is 211 g/mol. The van der Waals surface area contributed by atoms with Crippen LogP contribution in [0.3, 0.4) is 0 Å². The van der Waals surface area contributed by atoms with Crippen LogP contribution in [0.25, 0.3) is 0 Å². The maximum Gasteiger partial charge on any atom is 0.0178 e. The van der Waals surface area contributed by atoms with Crippen molar-refractivity contribution >= 4 is 0 Å². The molecular weight excluding hydrogens is 182 g/mol. The zero-order valence-electron chi connectivity index (χ0n) is 11.9. The minimum atomic E-state index is 0.303. The van der Waals surface area contributed by atoms with Crippen molar-refractivity contribution in [2.75, 3.05) is 6.54 Å². The monoisotopic (exact) mass is 211 g/mol. The van der Waals surface area contributed by atoms with Gasteiger partial charge in [0.2, 0.25) is 0 Å². The molecule has 0 radical (unpaired) electrons.